The van der Waals surface area contributed by atoms with Gasteiger partial charge in [0, 0.05) is 55.6 Å². The van der Waals surface area contributed by atoms with Crippen LogP contribution in [0.4, 0.5) is 10.5 Å². The lowest BCUT2D eigenvalue weighted by atomic mass is 9.80. The number of aromatic nitrogens is 3. The van der Waals surface area contributed by atoms with Gasteiger partial charge in [0.1, 0.15) is 11.6 Å². The highest BCUT2D eigenvalue weighted by molar-refractivity contribution is 6.23. The summed E-state index contributed by atoms with van der Waals surface area (Å²) in [4.78, 5) is 70.7. The van der Waals surface area contributed by atoms with E-state index in [1.165, 1.54) is 5.56 Å². The summed E-state index contributed by atoms with van der Waals surface area (Å²) in [6.45, 7) is 7.70. The van der Waals surface area contributed by atoms with Gasteiger partial charge in [-0.15, -0.1) is 0 Å². The number of piperidine rings is 2. The lowest BCUT2D eigenvalue weighted by Crippen LogP contribution is -2.54. The first kappa shape index (κ1) is 34.0. The van der Waals surface area contributed by atoms with Gasteiger partial charge in [-0.05, 0) is 107 Å². The zero-order valence-electron chi connectivity index (χ0n) is 29.9. The monoisotopic (exact) mass is 707 g/mol. The molecule has 2 aromatic heterocycles. The summed E-state index contributed by atoms with van der Waals surface area (Å²) in [5.41, 5.74) is 5.25. The molecule has 1 atom stereocenters. The fourth-order valence-corrected chi connectivity index (χ4v) is 8.03. The van der Waals surface area contributed by atoms with Gasteiger partial charge in [0.15, 0.2) is 0 Å². The Bertz CT molecular complexity index is 1950. The molecule has 5 aliphatic rings. The van der Waals surface area contributed by atoms with Gasteiger partial charge < -0.3 is 15.0 Å². The molecule has 0 radical (unpaired) electrons. The van der Waals surface area contributed by atoms with E-state index in [1.807, 2.05) is 37.9 Å². The number of rotatable bonds is 8. The number of carbonyl (C=O) groups excluding carboxylic acids is 5. The molecule has 8 rings (SSSR count). The second-order valence-electron chi connectivity index (χ2n) is 15.9. The topological polar surface area (TPSA) is 156 Å². The third-order valence-electron chi connectivity index (χ3n) is 11.0. The number of anilines is 1. The number of hydrogen-bond donors (Lipinski definition) is 2. The summed E-state index contributed by atoms with van der Waals surface area (Å²) in [7, 11) is 0. The minimum atomic E-state index is -0.982. The molecular weight excluding hydrogens is 662 g/mol. The van der Waals surface area contributed by atoms with Crippen LogP contribution in [-0.4, -0.2) is 85.6 Å². The van der Waals surface area contributed by atoms with Crippen LogP contribution in [-0.2, 0) is 14.3 Å². The molecule has 1 aromatic carbocycles. The largest absolute Gasteiger partial charge is 0.444 e. The zero-order valence-corrected chi connectivity index (χ0v) is 29.9. The van der Waals surface area contributed by atoms with Crippen molar-refractivity contribution in [3.05, 3.63) is 65.1 Å². The fourth-order valence-electron chi connectivity index (χ4n) is 8.03. The van der Waals surface area contributed by atoms with E-state index in [2.05, 4.69) is 27.6 Å². The van der Waals surface area contributed by atoms with Crippen molar-refractivity contribution < 1.29 is 28.7 Å². The van der Waals surface area contributed by atoms with E-state index in [4.69, 9.17) is 14.8 Å². The van der Waals surface area contributed by atoms with Crippen LogP contribution < -0.4 is 10.6 Å². The number of nitrogens with zero attached hydrogens (tertiary/aromatic N) is 5. The quantitative estimate of drug-likeness (QED) is 0.293. The van der Waals surface area contributed by atoms with E-state index >= 15 is 0 Å². The number of amides is 5. The molecule has 52 heavy (non-hydrogen) atoms. The normalized spacial score (nSPS) is 23.7. The number of benzene rings is 1. The lowest BCUT2D eigenvalue weighted by molar-refractivity contribution is -0.136. The minimum absolute atomic E-state index is 0.0864. The van der Waals surface area contributed by atoms with Crippen molar-refractivity contribution in [1.82, 2.24) is 29.9 Å². The Balaban J connectivity index is 0.901. The fraction of sp³-hybridized carbons (Fsp3) is 0.513. The number of pyridine rings is 1. The lowest BCUT2D eigenvalue weighted by Gasteiger charge is -2.35. The van der Waals surface area contributed by atoms with Crippen LogP contribution >= 0.6 is 0 Å². The van der Waals surface area contributed by atoms with Crippen molar-refractivity contribution >= 4 is 35.4 Å². The van der Waals surface area contributed by atoms with Crippen LogP contribution in [0.3, 0.4) is 0 Å². The SMILES string of the molecule is CC(C)(C)OC(=O)N1CCC(c2cccnc2-c2cn([C@H]3C[C@H](CNc4ccc5c(c4)C(=O)N(C4CCC(=O)NC4=O)C5=O)C3)nc2C2CC2)CC1. The van der Waals surface area contributed by atoms with Crippen LogP contribution in [0.5, 0.6) is 0 Å². The van der Waals surface area contributed by atoms with Gasteiger partial charge in [-0.3, -0.25) is 39.1 Å². The van der Waals surface area contributed by atoms with Gasteiger partial charge in [-0.25, -0.2) is 4.79 Å². The molecule has 1 unspecified atom stereocenters. The summed E-state index contributed by atoms with van der Waals surface area (Å²) in [5.74, 6) is -0.864. The number of nitrogens with one attached hydrogen (secondary N) is 2. The highest BCUT2D eigenvalue weighted by Gasteiger charge is 2.45. The van der Waals surface area contributed by atoms with E-state index in [0.717, 1.165) is 66.1 Å². The average molecular weight is 708 g/mol. The maximum absolute atomic E-state index is 13.2. The Morgan fingerprint density at radius 1 is 0.942 bits per heavy atom. The molecule has 2 aliphatic carbocycles. The number of hydrogen-bond acceptors (Lipinski definition) is 9. The first-order valence-electron chi connectivity index (χ1n) is 18.5. The molecule has 5 amide bonds. The standard InChI is InChI=1S/C39H45N7O6/c1-39(2,3)52-38(51)44-15-12-23(13-16-44)27-5-4-14-40-34(27)30-21-45(43-33(30)24-6-7-24)26-17-22(18-26)20-41-25-8-9-28-29(19-25)37(50)46(36(28)49)31-10-11-32(47)42-35(31)48/h4-5,8-9,14,19,21-24,26,31,41H,6-7,10-13,15-18,20H2,1-3H3,(H,42,47,48)/t22-,26-,31?. The van der Waals surface area contributed by atoms with Crippen molar-refractivity contribution in [2.45, 2.75) is 102 Å². The van der Waals surface area contributed by atoms with Gasteiger partial charge in [-0.2, -0.15) is 5.10 Å². The zero-order chi connectivity index (χ0) is 36.3. The number of carbonyl (C=O) groups is 5. The summed E-state index contributed by atoms with van der Waals surface area (Å²) in [5, 5.41) is 10.8. The predicted molar refractivity (Wildman–Crippen MR) is 191 cm³/mol. The maximum Gasteiger partial charge on any atom is 0.410 e. The van der Waals surface area contributed by atoms with E-state index < -0.39 is 35.3 Å². The predicted octanol–water partition coefficient (Wildman–Crippen LogP) is 5.40. The second kappa shape index (κ2) is 13.2. The van der Waals surface area contributed by atoms with Crippen LogP contribution in [0.25, 0.3) is 11.3 Å². The van der Waals surface area contributed by atoms with E-state index in [9.17, 15) is 24.0 Å². The van der Waals surface area contributed by atoms with Crippen LogP contribution in [0.1, 0.15) is 122 Å². The summed E-state index contributed by atoms with van der Waals surface area (Å²) < 4.78 is 7.76. The summed E-state index contributed by atoms with van der Waals surface area (Å²) in [6, 6.07) is 8.60. The van der Waals surface area contributed by atoms with Gasteiger partial charge in [0.05, 0.1) is 28.6 Å². The first-order chi connectivity index (χ1) is 24.9. The molecule has 2 N–H and O–H groups in total. The molecule has 2 saturated heterocycles. The molecule has 0 bridgehead atoms. The van der Waals surface area contributed by atoms with Crippen molar-refractivity contribution in [3.8, 4) is 11.3 Å². The molecule has 13 heteroatoms. The van der Waals surface area contributed by atoms with Gasteiger partial charge in [0.2, 0.25) is 11.8 Å². The molecule has 272 valence electrons. The maximum atomic E-state index is 13.2. The number of imide groups is 2. The third-order valence-corrected chi connectivity index (χ3v) is 11.0. The van der Waals surface area contributed by atoms with Gasteiger partial charge >= 0.3 is 6.09 Å². The van der Waals surface area contributed by atoms with E-state index in [0.29, 0.717) is 37.4 Å². The molecule has 2 saturated carbocycles. The molecule has 3 aromatic rings. The van der Waals surface area contributed by atoms with Crippen molar-refractivity contribution in [2.24, 2.45) is 5.92 Å². The van der Waals surface area contributed by atoms with Crippen molar-refractivity contribution in [3.63, 3.8) is 0 Å². The Morgan fingerprint density at radius 2 is 1.69 bits per heavy atom. The Labute approximate surface area is 302 Å². The van der Waals surface area contributed by atoms with Crippen LogP contribution in [0.2, 0.25) is 0 Å². The van der Waals surface area contributed by atoms with E-state index in [-0.39, 0.29) is 36.1 Å². The summed E-state index contributed by atoms with van der Waals surface area (Å²) in [6.07, 6.45) is 9.93. The molecule has 5 heterocycles. The third kappa shape index (κ3) is 6.56. The van der Waals surface area contributed by atoms with Crippen LogP contribution in [0.15, 0.2) is 42.7 Å². The number of likely N-dealkylation sites (tertiary alicyclic amines) is 1. The Morgan fingerprint density at radius 3 is 2.40 bits per heavy atom. The Hall–Kier alpha value is -5.07. The van der Waals surface area contributed by atoms with Crippen LogP contribution in [0, 0.1) is 5.92 Å². The van der Waals surface area contributed by atoms with Crippen molar-refractivity contribution in [1.29, 1.82) is 0 Å². The van der Waals surface area contributed by atoms with Gasteiger partial charge in [-0.1, -0.05) is 6.07 Å². The van der Waals surface area contributed by atoms with Gasteiger partial charge in [0.25, 0.3) is 11.8 Å². The van der Waals surface area contributed by atoms with Crippen molar-refractivity contribution in [2.75, 3.05) is 25.0 Å². The molecule has 13 nitrogen and oxygen atoms in total. The van der Waals surface area contributed by atoms with E-state index in [1.54, 1.807) is 18.2 Å². The highest BCUT2D eigenvalue weighted by atomic mass is 16.6. The smallest absolute Gasteiger partial charge is 0.410 e. The number of fused-ring (bicyclic) bond motifs is 1. The average Bonchev–Trinajstić information content (AvgIpc) is 3.80. The number of ether oxygens (including phenoxy) is 1. The Kier molecular flexibility index (Phi) is 8.62. The first-order valence-corrected chi connectivity index (χ1v) is 18.5. The molecular formula is C39H45N7O6. The summed E-state index contributed by atoms with van der Waals surface area (Å²) >= 11 is 0. The second-order valence-corrected chi connectivity index (χ2v) is 15.9. The molecule has 3 aliphatic heterocycles. The minimum Gasteiger partial charge on any atom is -0.444 e. The molecule has 0 spiro atoms. The molecule has 4 fully saturated rings. The highest BCUT2D eigenvalue weighted by Crippen LogP contribution is 2.47.